The third kappa shape index (κ3) is 3.81. The summed E-state index contributed by atoms with van der Waals surface area (Å²) in [6.45, 7) is 2.16. The summed E-state index contributed by atoms with van der Waals surface area (Å²) in [5, 5.41) is 6.34. The second-order valence-corrected chi connectivity index (χ2v) is 6.70. The zero-order valence-corrected chi connectivity index (χ0v) is 15.1. The first-order chi connectivity index (χ1) is 13.2. The molecular formula is C23H21N3O. The zero-order chi connectivity index (χ0) is 18.6. The highest BCUT2D eigenvalue weighted by Gasteiger charge is 2.21. The number of nitrogens with zero attached hydrogens (tertiary/aromatic N) is 1. The van der Waals surface area contributed by atoms with Gasteiger partial charge in [-0.15, -0.1) is 0 Å². The van der Waals surface area contributed by atoms with E-state index in [0.29, 0.717) is 5.69 Å². The molecule has 3 aromatic rings. The van der Waals surface area contributed by atoms with Crippen molar-refractivity contribution in [3.8, 4) is 0 Å². The lowest BCUT2D eigenvalue weighted by atomic mass is 9.94. The molecule has 4 nitrogen and oxygen atoms in total. The standard InChI is InChI=1S/C23H21N3O/c1-16-12-19(14-24-13-16)26-22(27)15-25-23-20-8-4-2-6-17(20)10-11-18-7-3-5-9-21(18)23/h2-14,23,25H,15H2,1H3,(H,26,27). The van der Waals surface area contributed by atoms with Crippen molar-refractivity contribution >= 4 is 23.7 Å². The zero-order valence-electron chi connectivity index (χ0n) is 15.1. The molecule has 4 rings (SSSR count). The summed E-state index contributed by atoms with van der Waals surface area (Å²) in [5.41, 5.74) is 6.39. The molecule has 4 heteroatoms. The van der Waals surface area contributed by atoms with Gasteiger partial charge in [0.25, 0.3) is 0 Å². The first-order valence-corrected chi connectivity index (χ1v) is 9.01. The summed E-state index contributed by atoms with van der Waals surface area (Å²) < 4.78 is 0. The number of benzene rings is 2. The molecule has 1 aliphatic rings. The fraction of sp³-hybridized carbons (Fsp3) is 0.130. The van der Waals surface area contributed by atoms with Crippen LogP contribution < -0.4 is 10.6 Å². The van der Waals surface area contributed by atoms with E-state index >= 15 is 0 Å². The minimum atomic E-state index is -0.0884. The van der Waals surface area contributed by atoms with Crippen LogP contribution in [0.5, 0.6) is 0 Å². The Kier molecular flexibility index (Phi) is 4.81. The summed E-state index contributed by atoms with van der Waals surface area (Å²) in [5.74, 6) is -0.0884. The molecule has 1 heterocycles. The molecule has 0 atom stereocenters. The van der Waals surface area contributed by atoms with Gasteiger partial charge < -0.3 is 5.32 Å². The molecule has 0 bridgehead atoms. The number of amides is 1. The smallest absolute Gasteiger partial charge is 0.238 e. The van der Waals surface area contributed by atoms with Gasteiger partial charge in [-0.05, 0) is 40.8 Å². The number of carbonyl (C=O) groups excluding carboxylic acids is 1. The normalized spacial score (nSPS) is 12.8. The third-order valence-corrected chi connectivity index (χ3v) is 4.68. The molecule has 134 valence electrons. The van der Waals surface area contributed by atoms with Crippen LogP contribution in [0.1, 0.15) is 33.9 Å². The molecule has 1 amide bonds. The molecule has 1 aromatic heterocycles. The van der Waals surface area contributed by atoms with Crippen molar-refractivity contribution in [3.05, 3.63) is 94.8 Å². The van der Waals surface area contributed by atoms with E-state index in [2.05, 4.69) is 52.0 Å². The van der Waals surface area contributed by atoms with Crippen LogP contribution in [0, 0.1) is 6.92 Å². The number of hydrogen-bond donors (Lipinski definition) is 2. The number of hydrogen-bond acceptors (Lipinski definition) is 3. The van der Waals surface area contributed by atoms with Gasteiger partial charge >= 0.3 is 0 Å². The maximum Gasteiger partial charge on any atom is 0.238 e. The molecule has 2 N–H and O–H groups in total. The van der Waals surface area contributed by atoms with E-state index in [0.717, 1.165) is 16.7 Å². The number of aryl methyl sites for hydroxylation is 1. The Morgan fingerprint density at radius 3 is 2.22 bits per heavy atom. The predicted octanol–water partition coefficient (Wildman–Crippen LogP) is 4.19. The number of carbonyl (C=O) groups is 1. The molecule has 0 fully saturated rings. The number of aromatic nitrogens is 1. The Labute approximate surface area is 159 Å². The predicted molar refractivity (Wildman–Crippen MR) is 109 cm³/mol. The van der Waals surface area contributed by atoms with Crippen LogP contribution in [0.4, 0.5) is 5.69 Å². The Hall–Kier alpha value is -3.24. The molecule has 0 saturated carbocycles. The van der Waals surface area contributed by atoms with Crippen LogP contribution in [0.2, 0.25) is 0 Å². The van der Waals surface area contributed by atoms with Crippen LogP contribution >= 0.6 is 0 Å². The summed E-state index contributed by atoms with van der Waals surface area (Å²) in [6.07, 6.45) is 7.69. The van der Waals surface area contributed by atoms with Crippen LogP contribution in [0.15, 0.2) is 67.0 Å². The first-order valence-electron chi connectivity index (χ1n) is 9.01. The number of pyridine rings is 1. The van der Waals surface area contributed by atoms with Crippen molar-refractivity contribution in [1.29, 1.82) is 0 Å². The Morgan fingerprint density at radius 1 is 0.963 bits per heavy atom. The van der Waals surface area contributed by atoms with E-state index in [4.69, 9.17) is 0 Å². The maximum absolute atomic E-state index is 12.5. The van der Waals surface area contributed by atoms with Gasteiger partial charge in [0.15, 0.2) is 0 Å². The monoisotopic (exact) mass is 355 g/mol. The molecular weight excluding hydrogens is 334 g/mol. The summed E-state index contributed by atoms with van der Waals surface area (Å²) in [7, 11) is 0. The van der Waals surface area contributed by atoms with Crippen LogP contribution in [0.3, 0.4) is 0 Å². The van der Waals surface area contributed by atoms with Gasteiger partial charge in [0.1, 0.15) is 0 Å². The number of fused-ring (bicyclic) bond motifs is 2. The van der Waals surface area contributed by atoms with Gasteiger partial charge in [0.2, 0.25) is 5.91 Å². The Morgan fingerprint density at radius 2 is 1.59 bits per heavy atom. The lowest BCUT2D eigenvalue weighted by Gasteiger charge is -2.21. The Bertz CT molecular complexity index is 960. The summed E-state index contributed by atoms with van der Waals surface area (Å²) >= 11 is 0. The van der Waals surface area contributed by atoms with Crippen molar-refractivity contribution in [3.63, 3.8) is 0 Å². The maximum atomic E-state index is 12.5. The first kappa shape index (κ1) is 17.2. The average Bonchev–Trinajstić information content (AvgIpc) is 2.83. The number of nitrogens with one attached hydrogen (secondary N) is 2. The van der Waals surface area contributed by atoms with E-state index < -0.39 is 0 Å². The Balaban J connectivity index is 1.56. The van der Waals surface area contributed by atoms with E-state index in [9.17, 15) is 4.79 Å². The van der Waals surface area contributed by atoms with E-state index in [-0.39, 0.29) is 18.5 Å². The average molecular weight is 355 g/mol. The van der Waals surface area contributed by atoms with Gasteiger partial charge in [0.05, 0.1) is 24.5 Å². The van der Waals surface area contributed by atoms with Gasteiger partial charge in [-0.2, -0.15) is 0 Å². The number of anilines is 1. The van der Waals surface area contributed by atoms with E-state index in [1.54, 1.807) is 12.4 Å². The molecule has 0 spiro atoms. The van der Waals surface area contributed by atoms with Crippen molar-refractivity contribution in [1.82, 2.24) is 10.3 Å². The molecule has 0 saturated heterocycles. The summed E-state index contributed by atoms with van der Waals surface area (Å²) in [6, 6.07) is 18.4. The van der Waals surface area contributed by atoms with Crippen molar-refractivity contribution in [2.75, 3.05) is 11.9 Å². The second-order valence-electron chi connectivity index (χ2n) is 6.70. The van der Waals surface area contributed by atoms with Crippen molar-refractivity contribution in [2.24, 2.45) is 0 Å². The van der Waals surface area contributed by atoms with E-state index in [1.165, 1.54) is 11.1 Å². The van der Waals surface area contributed by atoms with Gasteiger partial charge in [0, 0.05) is 6.20 Å². The van der Waals surface area contributed by atoms with Crippen LogP contribution in [-0.2, 0) is 4.79 Å². The lowest BCUT2D eigenvalue weighted by Crippen LogP contribution is -2.32. The van der Waals surface area contributed by atoms with Gasteiger partial charge in [-0.3, -0.25) is 15.1 Å². The summed E-state index contributed by atoms with van der Waals surface area (Å²) in [4.78, 5) is 16.6. The molecule has 0 radical (unpaired) electrons. The molecule has 0 aliphatic heterocycles. The third-order valence-electron chi connectivity index (χ3n) is 4.68. The van der Waals surface area contributed by atoms with Crippen LogP contribution in [-0.4, -0.2) is 17.4 Å². The molecule has 27 heavy (non-hydrogen) atoms. The highest BCUT2D eigenvalue weighted by Crippen LogP contribution is 2.32. The SMILES string of the molecule is Cc1cncc(NC(=O)CNC2c3ccccc3C=Cc3ccccc32)c1. The lowest BCUT2D eigenvalue weighted by molar-refractivity contribution is -0.115. The topological polar surface area (TPSA) is 54.0 Å². The number of rotatable bonds is 4. The molecule has 1 aliphatic carbocycles. The minimum absolute atomic E-state index is 0.0474. The van der Waals surface area contributed by atoms with Crippen molar-refractivity contribution < 1.29 is 4.79 Å². The van der Waals surface area contributed by atoms with E-state index in [1.807, 2.05) is 37.3 Å². The molecule has 0 unspecified atom stereocenters. The molecule has 2 aromatic carbocycles. The highest BCUT2D eigenvalue weighted by atomic mass is 16.1. The quantitative estimate of drug-likeness (QED) is 0.738. The van der Waals surface area contributed by atoms with Gasteiger partial charge in [-0.1, -0.05) is 60.7 Å². The highest BCUT2D eigenvalue weighted by molar-refractivity contribution is 5.92. The fourth-order valence-corrected chi connectivity index (χ4v) is 3.44. The largest absolute Gasteiger partial charge is 0.324 e. The minimum Gasteiger partial charge on any atom is -0.324 e. The fourth-order valence-electron chi connectivity index (χ4n) is 3.44. The van der Waals surface area contributed by atoms with Crippen molar-refractivity contribution in [2.45, 2.75) is 13.0 Å². The van der Waals surface area contributed by atoms with Crippen LogP contribution in [0.25, 0.3) is 12.2 Å². The second kappa shape index (κ2) is 7.56. The van der Waals surface area contributed by atoms with Gasteiger partial charge in [-0.25, -0.2) is 0 Å².